The molecule has 116 valence electrons. The number of oxime groups is 1. The Morgan fingerprint density at radius 2 is 2.10 bits per heavy atom. The van der Waals surface area contributed by atoms with Gasteiger partial charge in [-0.05, 0) is 32.6 Å². The van der Waals surface area contributed by atoms with Gasteiger partial charge in [0.15, 0.2) is 5.84 Å². The van der Waals surface area contributed by atoms with E-state index in [1.165, 1.54) is 0 Å². The van der Waals surface area contributed by atoms with Crippen LogP contribution in [0.4, 0.5) is 0 Å². The molecule has 0 saturated carbocycles. The van der Waals surface area contributed by atoms with Gasteiger partial charge in [0.25, 0.3) is 0 Å². The topological polar surface area (TPSA) is 88.2 Å². The Kier molecular flexibility index (Phi) is 5.39. The minimum absolute atomic E-state index is 0.00260. The molecule has 0 spiro atoms. The van der Waals surface area contributed by atoms with E-state index < -0.39 is 5.41 Å². The van der Waals surface area contributed by atoms with Gasteiger partial charge in [0, 0.05) is 20.2 Å². The van der Waals surface area contributed by atoms with Crippen molar-refractivity contribution in [1.29, 1.82) is 0 Å². The van der Waals surface area contributed by atoms with Crippen LogP contribution >= 0.6 is 0 Å². The fourth-order valence-electron chi connectivity index (χ4n) is 2.97. The highest BCUT2D eigenvalue weighted by Crippen LogP contribution is 2.33. The summed E-state index contributed by atoms with van der Waals surface area (Å²) < 4.78 is 5.52. The van der Waals surface area contributed by atoms with Gasteiger partial charge in [0.1, 0.15) is 5.41 Å². The Bertz CT molecular complexity index is 380. The number of nitrogens with two attached hydrogens (primary N) is 1. The van der Waals surface area contributed by atoms with E-state index in [-0.39, 0.29) is 17.3 Å². The van der Waals surface area contributed by atoms with E-state index in [0.29, 0.717) is 25.9 Å². The number of likely N-dealkylation sites (tertiary alicyclic amines) is 1. The number of rotatable bonds is 5. The second kappa shape index (κ2) is 6.43. The predicted molar refractivity (Wildman–Crippen MR) is 77.7 cm³/mol. The lowest BCUT2D eigenvalue weighted by atomic mass is 9.78. The molecule has 20 heavy (non-hydrogen) atoms. The molecule has 1 fully saturated rings. The van der Waals surface area contributed by atoms with Crippen molar-refractivity contribution in [3.8, 4) is 0 Å². The van der Waals surface area contributed by atoms with Crippen LogP contribution in [-0.2, 0) is 9.53 Å². The molecule has 1 rings (SSSR count). The molecule has 3 N–H and O–H groups in total. The molecular weight excluding hydrogens is 258 g/mol. The SMILES string of the molecule is CCC(CC)(C(=O)N1CCCC(C)(OC)C1)C(N)=NO. The molecular formula is C14H27N3O3. The zero-order valence-corrected chi connectivity index (χ0v) is 13.0. The van der Waals surface area contributed by atoms with Crippen molar-refractivity contribution in [1.82, 2.24) is 4.90 Å². The Balaban J connectivity index is 3.02. The first kappa shape index (κ1) is 16.8. The van der Waals surface area contributed by atoms with E-state index in [4.69, 9.17) is 15.7 Å². The number of carbonyl (C=O) groups is 1. The van der Waals surface area contributed by atoms with Gasteiger partial charge in [-0.1, -0.05) is 19.0 Å². The number of piperidine rings is 1. The minimum atomic E-state index is -0.916. The van der Waals surface area contributed by atoms with Crippen molar-refractivity contribution >= 4 is 11.7 Å². The van der Waals surface area contributed by atoms with Gasteiger partial charge in [-0.3, -0.25) is 4.79 Å². The molecule has 1 unspecified atom stereocenters. The first-order chi connectivity index (χ1) is 9.39. The van der Waals surface area contributed by atoms with Crippen molar-refractivity contribution in [3.63, 3.8) is 0 Å². The smallest absolute Gasteiger partial charge is 0.236 e. The molecule has 1 amide bonds. The van der Waals surface area contributed by atoms with E-state index in [1.54, 1.807) is 12.0 Å². The molecule has 1 heterocycles. The highest BCUT2D eigenvalue weighted by Gasteiger charge is 2.45. The highest BCUT2D eigenvalue weighted by molar-refractivity contribution is 6.06. The van der Waals surface area contributed by atoms with Crippen LogP contribution in [-0.4, -0.2) is 47.7 Å². The number of methoxy groups -OCH3 is 1. The Hall–Kier alpha value is -1.30. The number of hydrogen-bond donors (Lipinski definition) is 2. The van der Waals surface area contributed by atoms with Gasteiger partial charge < -0.3 is 20.6 Å². The van der Waals surface area contributed by atoms with Crippen LogP contribution in [0, 0.1) is 5.41 Å². The number of amides is 1. The maximum atomic E-state index is 12.9. The number of hydrogen-bond acceptors (Lipinski definition) is 4. The van der Waals surface area contributed by atoms with Crippen LogP contribution in [0.15, 0.2) is 5.16 Å². The Labute approximate surface area is 120 Å². The summed E-state index contributed by atoms with van der Waals surface area (Å²) in [5, 5.41) is 12.1. The van der Waals surface area contributed by atoms with Crippen LogP contribution in [0.1, 0.15) is 46.5 Å². The maximum absolute atomic E-state index is 12.9. The van der Waals surface area contributed by atoms with E-state index in [2.05, 4.69) is 5.16 Å². The van der Waals surface area contributed by atoms with Crippen LogP contribution < -0.4 is 5.73 Å². The first-order valence-electron chi connectivity index (χ1n) is 7.21. The molecule has 0 bridgehead atoms. The second-order valence-electron chi connectivity index (χ2n) is 5.76. The largest absolute Gasteiger partial charge is 0.409 e. The van der Waals surface area contributed by atoms with Crippen LogP contribution in [0.2, 0.25) is 0 Å². The molecule has 0 aliphatic carbocycles. The molecule has 0 aromatic heterocycles. The van der Waals surface area contributed by atoms with E-state index in [9.17, 15) is 4.79 Å². The van der Waals surface area contributed by atoms with Gasteiger partial charge in [-0.25, -0.2) is 0 Å². The van der Waals surface area contributed by atoms with Crippen LogP contribution in [0.5, 0.6) is 0 Å². The molecule has 6 nitrogen and oxygen atoms in total. The third kappa shape index (κ3) is 2.90. The van der Waals surface area contributed by atoms with Crippen molar-refractivity contribution in [2.45, 2.75) is 52.1 Å². The second-order valence-corrected chi connectivity index (χ2v) is 5.76. The fraction of sp³-hybridized carbons (Fsp3) is 0.857. The molecule has 0 aromatic carbocycles. The zero-order chi connectivity index (χ0) is 15.4. The number of nitrogens with zero attached hydrogens (tertiary/aromatic N) is 2. The molecule has 6 heteroatoms. The summed E-state index contributed by atoms with van der Waals surface area (Å²) in [6.45, 7) is 7.02. The van der Waals surface area contributed by atoms with E-state index >= 15 is 0 Å². The monoisotopic (exact) mass is 285 g/mol. The average molecular weight is 285 g/mol. The summed E-state index contributed by atoms with van der Waals surface area (Å²) in [5.74, 6) is -0.0713. The summed E-state index contributed by atoms with van der Waals surface area (Å²) in [7, 11) is 1.67. The third-order valence-electron chi connectivity index (χ3n) is 4.65. The molecule has 0 radical (unpaired) electrons. The highest BCUT2D eigenvalue weighted by atomic mass is 16.5. The number of amidine groups is 1. The average Bonchev–Trinajstić information content (AvgIpc) is 2.48. The number of carbonyl (C=O) groups excluding carboxylic acids is 1. The lowest BCUT2D eigenvalue weighted by Gasteiger charge is -2.43. The fourth-order valence-corrected chi connectivity index (χ4v) is 2.97. The summed E-state index contributed by atoms with van der Waals surface area (Å²) in [6.07, 6.45) is 2.86. The van der Waals surface area contributed by atoms with Gasteiger partial charge in [-0.15, -0.1) is 0 Å². The Morgan fingerprint density at radius 1 is 1.50 bits per heavy atom. The van der Waals surface area contributed by atoms with E-state index in [0.717, 1.165) is 12.8 Å². The minimum Gasteiger partial charge on any atom is -0.409 e. The maximum Gasteiger partial charge on any atom is 0.236 e. The van der Waals surface area contributed by atoms with Crippen molar-refractivity contribution in [2.24, 2.45) is 16.3 Å². The van der Waals surface area contributed by atoms with E-state index in [1.807, 2.05) is 20.8 Å². The quantitative estimate of drug-likeness (QED) is 0.347. The van der Waals surface area contributed by atoms with Gasteiger partial charge >= 0.3 is 0 Å². The standard InChI is InChI=1S/C14H27N3O3/c1-5-14(6-2,11(15)16-19)12(18)17-9-7-8-13(3,10-17)20-4/h19H,5-10H2,1-4H3,(H2,15,16). The molecule has 1 aliphatic heterocycles. The zero-order valence-electron chi connectivity index (χ0n) is 13.0. The third-order valence-corrected chi connectivity index (χ3v) is 4.65. The predicted octanol–water partition coefficient (Wildman–Crippen LogP) is 1.57. The lowest BCUT2D eigenvalue weighted by molar-refractivity contribution is -0.146. The van der Waals surface area contributed by atoms with Crippen LogP contribution in [0.25, 0.3) is 0 Å². The summed E-state index contributed by atoms with van der Waals surface area (Å²) in [4.78, 5) is 14.7. The molecule has 1 atom stereocenters. The summed E-state index contributed by atoms with van der Waals surface area (Å²) >= 11 is 0. The van der Waals surface area contributed by atoms with Crippen LogP contribution in [0.3, 0.4) is 0 Å². The van der Waals surface area contributed by atoms with Gasteiger partial charge in [0.05, 0.1) is 5.60 Å². The molecule has 1 saturated heterocycles. The molecule has 1 aliphatic rings. The first-order valence-corrected chi connectivity index (χ1v) is 7.21. The summed E-state index contributed by atoms with van der Waals surface area (Å²) in [5.41, 5.74) is 4.57. The van der Waals surface area contributed by atoms with Gasteiger partial charge in [0.2, 0.25) is 5.91 Å². The van der Waals surface area contributed by atoms with Crippen molar-refractivity contribution < 1.29 is 14.7 Å². The summed E-state index contributed by atoms with van der Waals surface area (Å²) in [6, 6.07) is 0. The van der Waals surface area contributed by atoms with Crippen molar-refractivity contribution in [2.75, 3.05) is 20.2 Å². The van der Waals surface area contributed by atoms with Gasteiger partial charge in [-0.2, -0.15) is 0 Å². The van der Waals surface area contributed by atoms with Crippen molar-refractivity contribution in [3.05, 3.63) is 0 Å². The normalized spacial score (nSPS) is 24.8. The Morgan fingerprint density at radius 3 is 2.55 bits per heavy atom. The molecule has 0 aromatic rings. The lowest BCUT2D eigenvalue weighted by Crippen LogP contribution is -2.57. The number of ether oxygens (including phenoxy) is 1.